The fourth-order valence-electron chi connectivity index (χ4n) is 3.83. The average Bonchev–Trinajstić information content (AvgIpc) is 2.60. The third-order valence-electron chi connectivity index (χ3n) is 4.95. The quantitative estimate of drug-likeness (QED) is 0.756. The van der Waals surface area contributed by atoms with E-state index in [0.717, 1.165) is 5.92 Å². The Morgan fingerprint density at radius 3 is 2.62 bits per heavy atom. The molecule has 0 unspecified atom stereocenters. The summed E-state index contributed by atoms with van der Waals surface area (Å²) in [7, 11) is 0. The molecule has 3 aliphatic rings. The van der Waals surface area contributed by atoms with Gasteiger partial charge in [0.15, 0.2) is 0 Å². The van der Waals surface area contributed by atoms with Crippen molar-refractivity contribution in [3.05, 3.63) is 34.9 Å². The van der Waals surface area contributed by atoms with Gasteiger partial charge in [0.05, 0.1) is 0 Å². The van der Waals surface area contributed by atoms with Crippen molar-refractivity contribution in [2.24, 2.45) is 5.41 Å². The zero-order valence-electron chi connectivity index (χ0n) is 9.76. The molecule has 1 aromatic rings. The number of aryl methyl sites for hydroxylation is 2. The Kier molecular flexibility index (Phi) is 1.79. The van der Waals surface area contributed by atoms with E-state index in [-0.39, 0.29) is 0 Å². The Bertz CT molecular complexity index is 423. The molecule has 1 saturated heterocycles. The molecule has 2 fully saturated rings. The van der Waals surface area contributed by atoms with Gasteiger partial charge in [-0.1, -0.05) is 18.2 Å². The number of fused-ring (bicyclic) bond motifs is 1. The summed E-state index contributed by atoms with van der Waals surface area (Å²) in [5.41, 5.74) is 5.59. The lowest BCUT2D eigenvalue weighted by molar-refractivity contribution is 0.0363. The van der Waals surface area contributed by atoms with Crippen molar-refractivity contribution in [2.75, 3.05) is 13.1 Å². The molecule has 1 aromatic carbocycles. The van der Waals surface area contributed by atoms with Crippen LogP contribution < -0.4 is 5.32 Å². The molecule has 0 bridgehead atoms. The second-order valence-electron chi connectivity index (χ2n) is 6.09. The molecule has 0 atom stereocenters. The van der Waals surface area contributed by atoms with E-state index >= 15 is 0 Å². The number of nitrogens with one attached hydrogen (secondary N) is 1. The van der Waals surface area contributed by atoms with Crippen LogP contribution in [-0.2, 0) is 12.8 Å². The summed E-state index contributed by atoms with van der Waals surface area (Å²) in [6.45, 7) is 2.54. The zero-order chi connectivity index (χ0) is 10.6. The molecule has 1 spiro atoms. The van der Waals surface area contributed by atoms with Crippen LogP contribution in [0.15, 0.2) is 18.2 Å². The first-order valence-corrected chi connectivity index (χ1v) is 6.67. The Labute approximate surface area is 97.2 Å². The maximum absolute atomic E-state index is 3.42. The first kappa shape index (κ1) is 9.23. The molecule has 16 heavy (non-hydrogen) atoms. The van der Waals surface area contributed by atoms with Crippen LogP contribution in [0.25, 0.3) is 0 Å². The summed E-state index contributed by atoms with van der Waals surface area (Å²) in [6.07, 6.45) is 6.87. The zero-order valence-corrected chi connectivity index (χ0v) is 9.76. The summed E-state index contributed by atoms with van der Waals surface area (Å²) in [6, 6.07) is 7.29. The van der Waals surface area contributed by atoms with Crippen LogP contribution in [0.1, 0.15) is 41.9 Å². The summed E-state index contributed by atoms with van der Waals surface area (Å²) in [4.78, 5) is 0. The fraction of sp³-hybridized carbons (Fsp3) is 0.600. The Balaban J connectivity index is 1.55. The predicted molar refractivity (Wildman–Crippen MR) is 65.7 cm³/mol. The summed E-state index contributed by atoms with van der Waals surface area (Å²) < 4.78 is 0. The van der Waals surface area contributed by atoms with Crippen LogP contribution in [0, 0.1) is 5.41 Å². The molecule has 1 saturated carbocycles. The van der Waals surface area contributed by atoms with E-state index in [0.29, 0.717) is 5.41 Å². The molecule has 4 rings (SSSR count). The Morgan fingerprint density at radius 1 is 1.06 bits per heavy atom. The van der Waals surface area contributed by atoms with Gasteiger partial charge in [0.25, 0.3) is 0 Å². The molecule has 1 heterocycles. The van der Waals surface area contributed by atoms with Crippen LogP contribution in [0.3, 0.4) is 0 Å². The highest BCUT2D eigenvalue weighted by atomic mass is 15.0. The van der Waals surface area contributed by atoms with Gasteiger partial charge in [-0.15, -0.1) is 0 Å². The van der Waals surface area contributed by atoms with Gasteiger partial charge >= 0.3 is 0 Å². The van der Waals surface area contributed by atoms with Crippen molar-refractivity contribution < 1.29 is 0 Å². The molecular formula is C15H19N. The second-order valence-corrected chi connectivity index (χ2v) is 6.09. The first-order chi connectivity index (χ1) is 7.85. The normalized spacial score (nSPS) is 26.2. The molecular weight excluding hydrogens is 194 g/mol. The monoisotopic (exact) mass is 213 g/mol. The minimum absolute atomic E-state index is 0.712. The molecule has 1 nitrogen and oxygen atoms in total. The number of benzene rings is 1. The Hall–Kier alpha value is -0.820. The lowest BCUT2D eigenvalue weighted by atomic mass is 9.57. The van der Waals surface area contributed by atoms with Gasteiger partial charge in [0.2, 0.25) is 0 Å². The third-order valence-corrected chi connectivity index (χ3v) is 4.95. The number of hydrogen-bond acceptors (Lipinski definition) is 1. The van der Waals surface area contributed by atoms with Crippen LogP contribution in [0.5, 0.6) is 0 Å². The van der Waals surface area contributed by atoms with E-state index in [1.807, 2.05) is 0 Å². The molecule has 1 heteroatoms. The highest BCUT2D eigenvalue weighted by Gasteiger charge is 2.48. The van der Waals surface area contributed by atoms with Crippen molar-refractivity contribution in [1.29, 1.82) is 0 Å². The average molecular weight is 213 g/mol. The first-order valence-electron chi connectivity index (χ1n) is 6.67. The molecule has 0 amide bonds. The van der Waals surface area contributed by atoms with Crippen LogP contribution in [0.4, 0.5) is 0 Å². The van der Waals surface area contributed by atoms with Gasteiger partial charge in [-0.25, -0.2) is 0 Å². The maximum atomic E-state index is 3.42. The summed E-state index contributed by atoms with van der Waals surface area (Å²) in [5.74, 6) is 0.869. The molecule has 1 aliphatic heterocycles. The van der Waals surface area contributed by atoms with Crippen molar-refractivity contribution >= 4 is 0 Å². The smallest absolute Gasteiger partial charge is 0.00207 e. The predicted octanol–water partition coefficient (Wildman–Crippen LogP) is 2.64. The Morgan fingerprint density at radius 2 is 1.88 bits per heavy atom. The van der Waals surface area contributed by atoms with Crippen molar-refractivity contribution in [2.45, 2.75) is 38.0 Å². The lowest BCUT2D eigenvalue weighted by Crippen LogP contribution is -2.59. The molecule has 84 valence electrons. The fourth-order valence-corrected chi connectivity index (χ4v) is 3.83. The van der Waals surface area contributed by atoms with E-state index < -0.39 is 0 Å². The number of rotatable bonds is 1. The van der Waals surface area contributed by atoms with E-state index in [1.165, 1.54) is 45.2 Å². The largest absolute Gasteiger partial charge is 0.316 e. The third kappa shape index (κ3) is 1.21. The van der Waals surface area contributed by atoms with E-state index in [1.54, 1.807) is 16.7 Å². The van der Waals surface area contributed by atoms with Gasteiger partial charge < -0.3 is 5.32 Å². The minimum atomic E-state index is 0.712. The van der Waals surface area contributed by atoms with Crippen molar-refractivity contribution in [3.63, 3.8) is 0 Å². The minimum Gasteiger partial charge on any atom is -0.316 e. The van der Waals surface area contributed by atoms with E-state index in [9.17, 15) is 0 Å². The molecule has 0 aromatic heterocycles. The molecule has 1 N–H and O–H groups in total. The standard InChI is InChI=1S/C15H19N/c1-2-11-4-5-13(6-12(11)3-1)14-7-15(8-14)9-16-10-15/h4-6,14,16H,1-3,7-10H2. The van der Waals surface area contributed by atoms with Crippen molar-refractivity contribution in [1.82, 2.24) is 5.32 Å². The van der Waals surface area contributed by atoms with Gasteiger partial charge in [-0.2, -0.15) is 0 Å². The summed E-state index contributed by atoms with van der Waals surface area (Å²) >= 11 is 0. The maximum Gasteiger partial charge on any atom is 0.00207 e. The van der Waals surface area contributed by atoms with Gasteiger partial charge in [0.1, 0.15) is 0 Å². The van der Waals surface area contributed by atoms with Crippen LogP contribution >= 0.6 is 0 Å². The summed E-state index contributed by atoms with van der Waals surface area (Å²) in [5, 5.41) is 3.42. The van der Waals surface area contributed by atoms with E-state index in [2.05, 4.69) is 23.5 Å². The van der Waals surface area contributed by atoms with Gasteiger partial charge in [0, 0.05) is 13.1 Å². The van der Waals surface area contributed by atoms with Crippen LogP contribution in [0.2, 0.25) is 0 Å². The highest BCUT2D eigenvalue weighted by molar-refractivity contribution is 5.38. The van der Waals surface area contributed by atoms with Gasteiger partial charge in [-0.3, -0.25) is 0 Å². The molecule has 0 radical (unpaired) electrons. The SMILES string of the molecule is c1cc2c(cc1C1CC3(CNC3)C1)CCC2. The van der Waals surface area contributed by atoms with Crippen molar-refractivity contribution in [3.8, 4) is 0 Å². The van der Waals surface area contributed by atoms with E-state index in [4.69, 9.17) is 0 Å². The van der Waals surface area contributed by atoms with Gasteiger partial charge in [-0.05, 0) is 60.1 Å². The molecule has 2 aliphatic carbocycles. The topological polar surface area (TPSA) is 12.0 Å². The number of hydrogen-bond donors (Lipinski definition) is 1. The second kappa shape index (κ2) is 3.10. The highest BCUT2D eigenvalue weighted by Crippen LogP contribution is 2.53. The van der Waals surface area contributed by atoms with Crippen LogP contribution in [-0.4, -0.2) is 13.1 Å². The lowest BCUT2D eigenvalue weighted by Gasteiger charge is -2.54.